The standard InChI is InChI=1S/C19H23N5O4/c1-3-27-18(25)13-9-15-17(16(10-13)24-6-4-5-21-24)28-19(22-15)23-7-8-26-12-14(11-23)20-2/h4-6,9-10,14,20H,3,7-8,11-12H2,1-2H3. The van der Waals surface area contributed by atoms with Gasteiger partial charge in [-0.25, -0.2) is 9.48 Å². The molecule has 1 atom stereocenters. The van der Waals surface area contributed by atoms with Crippen LogP contribution >= 0.6 is 0 Å². The van der Waals surface area contributed by atoms with E-state index in [0.717, 1.165) is 0 Å². The quantitative estimate of drug-likeness (QED) is 0.662. The third kappa shape index (κ3) is 3.58. The predicted molar refractivity (Wildman–Crippen MR) is 103 cm³/mol. The van der Waals surface area contributed by atoms with Crippen LogP contribution in [0.3, 0.4) is 0 Å². The molecule has 9 nitrogen and oxygen atoms in total. The number of carbonyl (C=O) groups excluding carboxylic acids is 1. The topological polar surface area (TPSA) is 94.7 Å². The maximum atomic E-state index is 12.3. The monoisotopic (exact) mass is 385 g/mol. The SMILES string of the molecule is CCOC(=O)c1cc(-n2cccn2)c2oc(N3CCOCC(NC)C3)nc2c1. The van der Waals surface area contributed by atoms with Crippen LogP contribution in [0.5, 0.6) is 0 Å². The van der Waals surface area contributed by atoms with Gasteiger partial charge < -0.3 is 24.1 Å². The lowest BCUT2D eigenvalue weighted by molar-refractivity contribution is 0.0526. The molecule has 1 N–H and O–H groups in total. The summed E-state index contributed by atoms with van der Waals surface area (Å²) in [5, 5.41) is 7.52. The van der Waals surface area contributed by atoms with E-state index in [4.69, 9.17) is 13.9 Å². The molecule has 148 valence electrons. The highest BCUT2D eigenvalue weighted by atomic mass is 16.5. The Morgan fingerprint density at radius 3 is 3.07 bits per heavy atom. The van der Waals surface area contributed by atoms with Crippen LogP contribution in [0.25, 0.3) is 16.8 Å². The smallest absolute Gasteiger partial charge is 0.338 e. The molecule has 1 saturated heterocycles. The van der Waals surface area contributed by atoms with E-state index in [1.54, 1.807) is 36.1 Å². The summed E-state index contributed by atoms with van der Waals surface area (Å²) in [5.74, 6) is -0.402. The summed E-state index contributed by atoms with van der Waals surface area (Å²) in [7, 11) is 1.91. The summed E-state index contributed by atoms with van der Waals surface area (Å²) < 4.78 is 18.6. The summed E-state index contributed by atoms with van der Waals surface area (Å²) in [4.78, 5) is 19.0. The summed E-state index contributed by atoms with van der Waals surface area (Å²) in [6, 6.07) is 5.89. The fourth-order valence-corrected chi connectivity index (χ4v) is 3.21. The van der Waals surface area contributed by atoms with Crippen molar-refractivity contribution in [2.75, 3.05) is 44.9 Å². The molecule has 0 amide bonds. The van der Waals surface area contributed by atoms with Crippen molar-refractivity contribution in [1.29, 1.82) is 0 Å². The van der Waals surface area contributed by atoms with Gasteiger partial charge in [-0.3, -0.25) is 0 Å². The molecule has 1 aromatic carbocycles. The fraction of sp³-hybridized carbons (Fsp3) is 0.421. The van der Waals surface area contributed by atoms with Crippen LogP contribution in [-0.2, 0) is 9.47 Å². The zero-order valence-corrected chi connectivity index (χ0v) is 15.9. The van der Waals surface area contributed by atoms with Crippen molar-refractivity contribution in [3.05, 3.63) is 36.2 Å². The Morgan fingerprint density at radius 2 is 2.32 bits per heavy atom. The minimum atomic E-state index is -0.402. The van der Waals surface area contributed by atoms with Crippen molar-refractivity contribution in [1.82, 2.24) is 20.1 Å². The minimum Gasteiger partial charge on any atom is -0.462 e. The van der Waals surface area contributed by atoms with E-state index < -0.39 is 5.97 Å². The second-order valence-corrected chi connectivity index (χ2v) is 6.52. The molecule has 1 unspecified atom stereocenters. The third-order valence-corrected chi connectivity index (χ3v) is 4.67. The number of carbonyl (C=O) groups is 1. The highest BCUT2D eigenvalue weighted by Gasteiger charge is 2.24. The van der Waals surface area contributed by atoms with Crippen LogP contribution in [0.2, 0.25) is 0 Å². The first kappa shape index (κ1) is 18.5. The van der Waals surface area contributed by atoms with Gasteiger partial charge in [0, 0.05) is 31.5 Å². The molecule has 9 heteroatoms. The molecule has 1 aliphatic heterocycles. The maximum Gasteiger partial charge on any atom is 0.338 e. The predicted octanol–water partition coefficient (Wildman–Crippen LogP) is 1.61. The number of hydrogen-bond donors (Lipinski definition) is 1. The average Bonchev–Trinajstić information content (AvgIpc) is 3.32. The molecule has 3 heterocycles. The Bertz CT molecular complexity index is 953. The summed E-state index contributed by atoms with van der Waals surface area (Å²) in [6.07, 6.45) is 3.46. The Kier molecular flexibility index (Phi) is 5.27. The van der Waals surface area contributed by atoms with Gasteiger partial charge in [-0.05, 0) is 32.2 Å². The Hall–Kier alpha value is -2.91. The molecule has 1 fully saturated rings. The third-order valence-electron chi connectivity index (χ3n) is 4.67. The summed E-state index contributed by atoms with van der Waals surface area (Å²) in [6.45, 7) is 4.70. The van der Waals surface area contributed by atoms with Crippen molar-refractivity contribution in [2.24, 2.45) is 0 Å². The Morgan fingerprint density at radius 1 is 1.43 bits per heavy atom. The molecular formula is C19H23N5O4. The molecule has 2 aromatic heterocycles. The molecule has 3 aromatic rings. The number of likely N-dealkylation sites (N-methyl/N-ethyl adjacent to an activating group) is 1. The van der Waals surface area contributed by atoms with Crippen molar-refractivity contribution in [3.63, 3.8) is 0 Å². The van der Waals surface area contributed by atoms with Crippen LogP contribution in [0.15, 0.2) is 35.0 Å². The zero-order valence-electron chi connectivity index (χ0n) is 15.9. The number of oxazole rings is 1. The van der Waals surface area contributed by atoms with E-state index in [1.807, 2.05) is 18.0 Å². The van der Waals surface area contributed by atoms with E-state index >= 15 is 0 Å². The number of ether oxygens (including phenoxy) is 2. The van der Waals surface area contributed by atoms with Crippen molar-refractivity contribution >= 4 is 23.1 Å². The van der Waals surface area contributed by atoms with Crippen molar-refractivity contribution in [3.8, 4) is 5.69 Å². The fourth-order valence-electron chi connectivity index (χ4n) is 3.21. The van der Waals surface area contributed by atoms with Gasteiger partial charge in [0.25, 0.3) is 6.01 Å². The molecule has 0 saturated carbocycles. The Balaban J connectivity index is 1.78. The lowest BCUT2D eigenvalue weighted by Gasteiger charge is -2.21. The maximum absolute atomic E-state index is 12.3. The van der Waals surface area contributed by atoms with Crippen LogP contribution < -0.4 is 10.2 Å². The van der Waals surface area contributed by atoms with Crippen LogP contribution in [0, 0.1) is 0 Å². The van der Waals surface area contributed by atoms with Crippen LogP contribution in [-0.4, -0.2) is 66.7 Å². The minimum absolute atomic E-state index is 0.179. The van der Waals surface area contributed by atoms with Crippen molar-refractivity contribution in [2.45, 2.75) is 13.0 Å². The number of aromatic nitrogens is 3. The first-order valence-corrected chi connectivity index (χ1v) is 9.31. The number of nitrogens with one attached hydrogen (secondary N) is 1. The van der Waals surface area contributed by atoms with Gasteiger partial charge in [0.2, 0.25) is 0 Å². The average molecular weight is 385 g/mol. The van der Waals surface area contributed by atoms with Gasteiger partial charge >= 0.3 is 5.97 Å². The van der Waals surface area contributed by atoms with E-state index in [0.29, 0.717) is 61.3 Å². The van der Waals surface area contributed by atoms with Gasteiger partial charge in [-0.15, -0.1) is 0 Å². The van der Waals surface area contributed by atoms with Crippen LogP contribution in [0.1, 0.15) is 17.3 Å². The lowest BCUT2D eigenvalue weighted by atomic mass is 10.1. The molecule has 1 aliphatic rings. The normalized spacial score (nSPS) is 17.6. The number of fused-ring (bicyclic) bond motifs is 1. The highest BCUT2D eigenvalue weighted by Crippen LogP contribution is 2.29. The summed E-state index contributed by atoms with van der Waals surface area (Å²) in [5.41, 5.74) is 2.20. The molecular weight excluding hydrogens is 362 g/mol. The Labute approximate surface area is 162 Å². The van der Waals surface area contributed by atoms with Gasteiger partial charge in [0.05, 0.1) is 25.4 Å². The van der Waals surface area contributed by atoms with Crippen LogP contribution in [0.4, 0.5) is 6.01 Å². The molecule has 4 rings (SSSR count). The molecule has 0 bridgehead atoms. The zero-order chi connectivity index (χ0) is 19.5. The van der Waals surface area contributed by atoms with Gasteiger partial charge in [0.1, 0.15) is 11.2 Å². The number of esters is 1. The van der Waals surface area contributed by atoms with Crippen molar-refractivity contribution < 1.29 is 18.7 Å². The number of rotatable bonds is 5. The van der Waals surface area contributed by atoms with Gasteiger partial charge in [-0.2, -0.15) is 10.1 Å². The second-order valence-electron chi connectivity index (χ2n) is 6.52. The van der Waals surface area contributed by atoms with Gasteiger partial charge in [0.15, 0.2) is 5.58 Å². The number of hydrogen-bond acceptors (Lipinski definition) is 8. The second kappa shape index (κ2) is 7.99. The molecule has 0 radical (unpaired) electrons. The van der Waals surface area contributed by atoms with E-state index in [1.165, 1.54) is 0 Å². The molecule has 28 heavy (non-hydrogen) atoms. The molecule has 0 aliphatic carbocycles. The van der Waals surface area contributed by atoms with E-state index in [-0.39, 0.29) is 6.04 Å². The number of benzene rings is 1. The van der Waals surface area contributed by atoms with E-state index in [2.05, 4.69) is 15.4 Å². The summed E-state index contributed by atoms with van der Waals surface area (Å²) >= 11 is 0. The van der Waals surface area contributed by atoms with Gasteiger partial charge in [-0.1, -0.05) is 0 Å². The van der Waals surface area contributed by atoms with E-state index in [9.17, 15) is 4.79 Å². The first-order chi connectivity index (χ1) is 13.7. The first-order valence-electron chi connectivity index (χ1n) is 9.31. The number of anilines is 1. The lowest BCUT2D eigenvalue weighted by Crippen LogP contribution is -2.40. The molecule has 0 spiro atoms. The highest BCUT2D eigenvalue weighted by molar-refractivity contribution is 5.96. The number of nitrogens with zero attached hydrogens (tertiary/aromatic N) is 4. The largest absolute Gasteiger partial charge is 0.462 e.